The van der Waals surface area contributed by atoms with Crippen molar-refractivity contribution >= 4 is 0 Å². The van der Waals surface area contributed by atoms with E-state index in [2.05, 4.69) is 13.3 Å². The number of hydrogen-bond acceptors (Lipinski definition) is 2. The minimum absolute atomic E-state index is 0.867. The smallest absolute Gasteiger partial charge is 0.0468 e. The van der Waals surface area contributed by atoms with Gasteiger partial charge in [0.1, 0.15) is 0 Å². The van der Waals surface area contributed by atoms with Crippen LogP contribution >= 0.6 is 0 Å². The molecule has 0 bridgehead atoms. The summed E-state index contributed by atoms with van der Waals surface area (Å²) in [6.07, 6.45) is 6.73. The molecule has 0 saturated carbocycles. The molecule has 0 aliphatic rings. The highest BCUT2D eigenvalue weighted by Gasteiger charge is 1.90. The molecule has 0 aromatic heterocycles. The topological polar surface area (TPSA) is 18.5 Å². The fraction of sp³-hybridized carbons (Fsp3) is 0.900. The summed E-state index contributed by atoms with van der Waals surface area (Å²) >= 11 is 0. The summed E-state index contributed by atoms with van der Waals surface area (Å²) < 4.78 is 10.3. The van der Waals surface area contributed by atoms with Crippen LogP contribution in [0, 0.1) is 6.42 Å². The van der Waals surface area contributed by atoms with Crippen molar-refractivity contribution in [2.45, 2.75) is 32.6 Å². The van der Waals surface area contributed by atoms with Crippen molar-refractivity contribution in [2.24, 2.45) is 0 Å². The number of unbranched alkanes of at least 4 members (excludes halogenated alkanes) is 3. The molecule has 0 aromatic carbocycles. The zero-order valence-corrected chi connectivity index (χ0v) is 8.34. The minimum Gasteiger partial charge on any atom is -0.385 e. The van der Waals surface area contributed by atoms with Crippen LogP contribution in [-0.2, 0) is 9.47 Å². The lowest BCUT2D eigenvalue weighted by Gasteiger charge is -2.01. The summed E-state index contributed by atoms with van der Waals surface area (Å²) in [6.45, 7) is 4.77. The van der Waals surface area contributed by atoms with Gasteiger partial charge in [0.25, 0.3) is 0 Å². The molecule has 12 heavy (non-hydrogen) atoms. The van der Waals surface area contributed by atoms with E-state index in [1.807, 2.05) is 0 Å². The number of ether oxygens (including phenoxy) is 2. The van der Waals surface area contributed by atoms with Gasteiger partial charge in [0, 0.05) is 26.9 Å². The molecule has 0 spiro atoms. The van der Waals surface area contributed by atoms with Gasteiger partial charge in [0.2, 0.25) is 0 Å². The molecule has 0 N–H and O–H groups in total. The Balaban J connectivity index is 2.73. The largest absolute Gasteiger partial charge is 0.385 e. The van der Waals surface area contributed by atoms with E-state index in [4.69, 9.17) is 9.47 Å². The molecule has 0 amide bonds. The van der Waals surface area contributed by atoms with Crippen LogP contribution < -0.4 is 0 Å². The standard InChI is InChI=1S/C10H21O2/c1-3-8-12-10-7-5-4-6-9-11-2/h5H,3-4,6-10H2,1-2H3. The Labute approximate surface area is 76.3 Å². The Morgan fingerprint density at radius 3 is 2.58 bits per heavy atom. The van der Waals surface area contributed by atoms with Crippen molar-refractivity contribution in [1.29, 1.82) is 0 Å². The first-order valence-corrected chi connectivity index (χ1v) is 4.80. The van der Waals surface area contributed by atoms with Crippen molar-refractivity contribution in [3.8, 4) is 0 Å². The summed E-state index contributed by atoms with van der Waals surface area (Å²) in [5, 5.41) is 0. The average Bonchev–Trinajstić information content (AvgIpc) is 2.10. The molecule has 0 atom stereocenters. The van der Waals surface area contributed by atoms with Crippen LogP contribution in [0.3, 0.4) is 0 Å². The number of rotatable bonds is 9. The van der Waals surface area contributed by atoms with Gasteiger partial charge in [-0.25, -0.2) is 0 Å². The van der Waals surface area contributed by atoms with Gasteiger partial charge in [-0.3, -0.25) is 0 Å². The monoisotopic (exact) mass is 173 g/mol. The number of hydrogen-bond donors (Lipinski definition) is 0. The van der Waals surface area contributed by atoms with E-state index in [1.54, 1.807) is 7.11 Å². The molecule has 0 saturated heterocycles. The fourth-order valence-corrected chi connectivity index (χ4v) is 0.929. The molecule has 0 fully saturated rings. The second-order valence-electron chi connectivity index (χ2n) is 2.82. The quantitative estimate of drug-likeness (QED) is 0.499. The van der Waals surface area contributed by atoms with Crippen LogP contribution in [0.15, 0.2) is 0 Å². The zero-order valence-electron chi connectivity index (χ0n) is 8.34. The summed E-state index contributed by atoms with van der Waals surface area (Å²) in [7, 11) is 1.74. The molecule has 2 nitrogen and oxygen atoms in total. The lowest BCUT2D eigenvalue weighted by atomic mass is 10.2. The Morgan fingerprint density at radius 2 is 1.92 bits per heavy atom. The fourth-order valence-electron chi connectivity index (χ4n) is 0.929. The first kappa shape index (κ1) is 11.9. The molecule has 0 unspecified atom stereocenters. The van der Waals surface area contributed by atoms with Crippen molar-refractivity contribution in [1.82, 2.24) is 0 Å². The Morgan fingerprint density at radius 1 is 1.08 bits per heavy atom. The van der Waals surface area contributed by atoms with E-state index in [0.29, 0.717) is 0 Å². The maximum absolute atomic E-state index is 5.33. The van der Waals surface area contributed by atoms with E-state index in [-0.39, 0.29) is 0 Å². The average molecular weight is 173 g/mol. The SMILES string of the molecule is CCCOCC[CH]CCCOC. The van der Waals surface area contributed by atoms with E-state index < -0.39 is 0 Å². The van der Waals surface area contributed by atoms with Crippen LogP contribution in [-0.4, -0.2) is 26.9 Å². The maximum Gasteiger partial charge on any atom is 0.0468 e. The first-order valence-electron chi connectivity index (χ1n) is 4.80. The highest BCUT2D eigenvalue weighted by Crippen LogP contribution is 1.98. The van der Waals surface area contributed by atoms with Crippen molar-refractivity contribution in [2.75, 3.05) is 26.9 Å². The van der Waals surface area contributed by atoms with Gasteiger partial charge in [-0.1, -0.05) is 6.92 Å². The highest BCUT2D eigenvalue weighted by atomic mass is 16.5. The van der Waals surface area contributed by atoms with Crippen LogP contribution in [0.5, 0.6) is 0 Å². The normalized spacial score (nSPS) is 10.5. The summed E-state index contributed by atoms with van der Waals surface area (Å²) in [5.41, 5.74) is 0. The third-order valence-electron chi connectivity index (χ3n) is 1.57. The van der Waals surface area contributed by atoms with Gasteiger partial charge in [0.05, 0.1) is 0 Å². The predicted molar refractivity (Wildman–Crippen MR) is 51.1 cm³/mol. The van der Waals surface area contributed by atoms with Crippen LogP contribution in [0.4, 0.5) is 0 Å². The molecule has 0 heterocycles. The highest BCUT2D eigenvalue weighted by molar-refractivity contribution is 4.63. The lowest BCUT2D eigenvalue weighted by molar-refractivity contribution is 0.136. The van der Waals surface area contributed by atoms with Crippen molar-refractivity contribution in [3.05, 3.63) is 6.42 Å². The molecule has 2 heteroatoms. The van der Waals surface area contributed by atoms with Crippen molar-refractivity contribution in [3.63, 3.8) is 0 Å². The molecule has 0 rings (SSSR count). The van der Waals surface area contributed by atoms with Gasteiger partial charge in [-0.15, -0.1) is 0 Å². The van der Waals surface area contributed by atoms with Crippen molar-refractivity contribution < 1.29 is 9.47 Å². The zero-order chi connectivity index (χ0) is 9.07. The van der Waals surface area contributed by atoms with Gasteiger partial charge < -0.3 is 9.47 Å². The summed E-state index contributed by atoms with van der Waals surface area (Å²) in [4.78, 5) is 0. The Kier molecular flexibility index (Phi) is 10.8. The van der Waals surface area contributed by atoms with Gasteiger partial charge in [-0.2, -0.15) is 0 Å². The number of methoxy groups -OCH3 is 1. The van der Waals surface area contributed by atoms with Crippen LogP contribution in [0.1, 0.15) is 32.6 Å². The molecule has 0 aromatic rings. The Hall–Kier alpha value is -0.0800. The summed E-state index contributed by atoms with van der Waals surface area (Å²) in [6, 6.07) is 0. The second-order valence-corrected chi connectivity index (χ2v) is 2.82. The van der Waals surface area contributed by atoms with E-state index in [1.165, 1.54) is 0 Å². The third-order valence-corrected chi connectivity index (χ3v) is 1.57. The first-order chi connectivity index (χ1) is 5.91. The van der Waals surface area contributed by atoms with Crippen LogP contribution in [0.2, 0.25) is 0 Å². The molecule has 1 radical (unpaired) electrons. The van der Waals surface area contributed by atoms with Gasteiger partial charge in [0.15, 0.2) is 0 Å². The van der Waals surface area contributed by atoms with Crippen LogP contribution in [0.25, 0.3) is 0 Å². The maximum atomic E-state index is 5.33. The summed E-state index contributed by atoms with van der Waals surface area (Å²) in [5.74, 6) is 0. The van der Waals surface area contributed by atoms with E-state index in [9.17, 15) is 0 Å². The Bertz CT molecular complexity index is 64.2. The third kappa shape index (κ3) is 9.92. The molecular weight excluding hydrogens is 152 g/mol. The molecule has 0 aliphatic carbocycles. The van der Waals surface area contributed by atoms with E-state index in [0.717, 1.165) is 45.5 Å². The van der Waals surface area contributed by atoms with E-state index >= 15 is 0 Å². The lowest BCUT2D eigenvalue weighted by Crippen LogP contribution is -1.96. The molecular formula is C10H21O2. The minimum atomic E-state index is 0.867. The molecule has 73 valence electrons. The molecule has 0 aliphatic heterocycles. The van der Waals surface area contributed by atoms with Gasteiger partial charge >= 0.3 is 0 Å². The second kappa shape index (κ2) is 10.9. The predicted octanol–water partition coefficient (Wildman–Crippen LogP) is 2.43. The van der Waals surface area contributed by atoms with Gasteiger partial charge in [-0.05, 0) is 32.1 Å².